The average molecular weight is 403 g/mol. The summed E-state index contributed by atoms with van der Waals surface area (Å²) in [6.45, 7) is 8.89. The van der Waals surface area contributed by atoms with Gasteiger partial charge in [0.25, 0.3) is 0 Å². The lowest BCUT2D eigenvalue weighted by Crippen LogP contribution is -2.27. The van der Waals surface area contributed by atoms with Gasteiger partial charge in [0.1, 0.15) is 5.78 Å². The van der Waals surface area contributed by atoms with Crippen LogP contribution in [0.5, 0.6) is 0 Å². The van der Waals surface area contributed by atoms with Crippen LogP contribution >= 0.6 is 0 Å². The van der Waals surface area contributed by atoms with Crippen molar-refractivity contribution in [2.24, 2.45) is 11.8 Å². The first-order valence-electron chi connectivity index (χ1n) is 12.1. The molecule has 1 nitrogen and oxygen atoms in total. The van der Waals surface area contributed by atoms with Crippen molar-refractivity contribution in [2.75, 3.05) is 0 Å². The van der Waals surface area contributed by atoms with E-state index in [2.05, 4.69) is 64.1 Å². The van der Waals surface area contributed by atoms with Gasteiger partial charge in [0.15, 0.2) is 0 Å². The lowest BCUT2D eigenvalue weighted by atomic mass is 9.67. The van der Waals surface area contributed by atoms with Crippen LogP contribution in [0.1, 0.15) is 96.6 Å². The molecule has 0 unspecified atom stereocenters. The number of carbonyl (C=O) groups is 1. The van der Waals surface area contributed by atoms with Gasteiger partial charge in [-0.15, -0.1) is 0 Å². The smallest absolute Gasteiger partial charge is 0.134 e. The van der Waals surface area contributed by atoms with E-state index in [0.29, 0.717) is 29.5 Å². The van der Waals surface area contributed by atoms with Crippen LogP contribution in [0.4, 0.5) is 0 Å². The van der Waals surface area contributed by atoms with Gasteiger partial charge in [-0.2, -0.15) is 0 Å². The van der Waals surface area contributed by atoms with Crippen LogP contribution < -0.4 is 0 Å². The highest BCUT2D eigenvalue weighted by Crippen LogP contribution is 2.46. The van der Waals surface area contributed by atoms with E-state index in [1.807, 2.05) is 0 Å². The summed E-state index contributed by atoms with van der Waals surface area (Å²) in [5.74, 6) is 2.68. The molecule has 2 aromatic rings. The molecule has 2 aliphatic carbocycles. The Labute approximate surface area is 183 Å². The number of carbonyl (C=O) groups excluding carboxylic acids is 1. The number of rotatable bonds is 8. The summed E-state index contributed by atoms with van der Waals surface area (Å²) in [5, 5.41) is 0. The molecular weight excluding hydrogens is 364 g/mol. The summed E-state index contributed by atoms with van der Waals surface area (Å²) in [5.41, 5.74) is 8.36. The zero-order valence-electron chi connectivity index (χ0n) is 19.3. The Morgan fingerprint density at radius 2 is 1.13 bits per heavy atom. The SMILES string of the molecule is Cc1cccc([C@@H](CC(=O)C[C@H](c2cccc(C)c2C)C2CCC2)C2CCC2)c1C. The largest absolute Gasteiger partial charge is 0.300 e. The summed E-state index contributed by atoms with van der Waals surface area (Å²) >= 11 is 0. The third-order valence-electron chi connectivity index (χ3n) is 8.42. The molecule has 0 aromatic heterocycles. The highest BCUT2D eigenvalue weighted by Gasteiger charge is 2.34. The Morgan fingerprint density at radius 3 is 1.47 bits per heavy atom. The van der Waals surface area contributed by atoms with Gasteiger partial charge in [-0.1, -0.05) is 49.2 Å². The van der Waals surface area contributed by atoms with Crippen LogP contribution in [0.25, 0.3) is 0 Å². The van der Waals surface area contributed by atoms with Crippen LogP contribution in [0.15, 0.2) is 36.4 Å². The zero-order chi connectivity index (χ0) is 21.3. The number of hydrogen-bond donors (Lipinski definition) is 0. The number of benzene rings is 2. The summed E-state index contributed by atoms with van der Waals surface area (Å²) in [7, 11) is 0. The zero-order valence-corrected chi connectivity index (χ0v) is 19.3. The van der Waals surface area contributed by atoms with Crippen molar-refractivity contribution in [2.45, 2.75) is 90.9 Å². The maximum Gasteiger partial charge on any atom is 0.134 e. The topological polar surface area (TPSA) is 17.1 Å². The minimum absolute atomic E-state index is 0.409. The molecule has 0 saturated heterocycles. The maximum absolute atomic E-state index is 13.5. The molecule has 0 N–H and O–H groups in total. The Bertz CT molecular complexity index is 827. The normalized spacial score (nSPS) is 19.1. The molecule has 2 aromatic carbocycles. The molecule has 160 valence electrons. The fraction of sp³-hybridized carbons (Fsp3) is 0.552. The van der Waals surface area contributed by atoms with Crippen molar-refractivity contribution < 1.29 is 4.79 Å². The van der Waals surface area contributed by atoms with Crippen LogP contribution in [0, 0.1) is 39.5 Å². The fourth-order valence-electron chi connectivity index (χ4n) is 5.67. The molecule has 0 aliphatic heterocycles. The van der Waals surface area contributed by atoms with Gasteiger partial charge in [-0.3, -0.25) is 4.79 Å². The monoisotopic (exact) mass is 402 g/mol. The van der Waals surface area contributed by atoms with E-state index in [0.717, 1.165) is 12.8 Å². The number of Topliss-reactive ketones (excluding diaryl/α,β-unsaturated/α-hetero) is 1. The lowest BCUT2D eigenvalue weighted by molar-refractivity contribution is -0.120. The standard InChI is InChI=1S/C29H38O/c1-19-9-5-15-26(21(19)3)28(23-11-7-12-23)17-25(30)18-29(24-13-8-14-24)27-16-6-10-20(2)22(27)4/h5-6,9-10,15-16,23-24,28-29H,7-8,11-14,17-18H2,1-4H3/t28-,29-/m0/s1. The number of hydrogen-bond acceptors (Lipinski definition) is 1. The van der Waals surface area contributed by atoms with Gasteiger partial charge in [0, 0.05) is 12.8 Å². The van der Waals surface area contributed by atoms with Gasteiger partial charge in [0.05, 0.1) is 0 Å². The maximum atomic E-state index is 13.5. The minimum atomic E-state index is 0.409. The van der Waals surface area contributed by atoms with Crippen molar-refractivity contribution in [1.29, 1.82) is 0 Å². The van der Waals surface area contributed by atoms with E-state index >= 15 is 0 Å². The second kappa shape index (κ2) is 9.08. The average Bonchev–Trinajstić information content (AvgIpc) is 2.62. The van der Waals surface area contributed by atoms with E-state index < -0.39 is 0 Å². The Kier molecular flexibility index (Phi) is 6.46. The van der Waals surface area contributed by atoms with Crippen molar-refractivity contribution >= 4 is 5.78 Å². The molecule has 4 rings (SSSR count). The molecule has 2 fully saturated rings. The first-order valence-corrected chi connectivity index (χ1v) is 12.1. The van der Waals surface area contributed by atoms with E-state index in [1.54, 1.807) is 0 Å². The molecule has 2 atom stereocenters. The fourth-order valence-corrected chi connectivity index (χ4v) is 5.67. The number of aryl methyl sites for hydroxylation is 2. The molecule has 2 saturated carbocycles. The van der Waals surface area contributed by atoms with Crippen molar-refractivity contribution in [1.82, 2.24) is 0 Å². The second-order valence-corrected chi connectivity index (χ2v) is 10.1. The molecule has 0 amide bonds. The van der Waals surface area contributed by atoms with Gasteiger partial charge < -0.3 is 0 Å². The molecule has 0 heterocycles. The third-order valence-corrected chi connectivity index (χ3v) is 8.42. The van der Waals surface area contributed by atoms with E-state index in [4.69, 9.17) is 0 Å². The summed E-state index contributed by atoms with van der Waals surface area (Å²) < 4.78 is 0. The minimum Gasteiger partial charge on any atom is -0.300 e. The van der Waals surface area contributed by atoms with Crippen LogP contribution in [0.3, 0.4) is 0 Å². The van der Waals surface area contributed by atoms with Crippen LogP contribution in [0.2, 0.25) is 0 Å². The quantitative estimate of drug-likeness (QED) is 0.441. The predicted molar refractivity (Wildman–Crippen MR) is 126 cm³/mol. The molecule has 0 spiro atoms. The Balaban J connectivity index is 1.55. The Morgan fingerprint density at radius 1 is 0.733 bits per heavy atom. The van der Waals surface area contributed by atoms with E-state index in [9.17, 15) is 4.79 Å². The molecule has 30 heavy (non-hydrogen) atoms. The highest BCUT2D eigenvalue weighted by atomic mass is 16.1. The lowest BCUT2D eigenvalue weighted by Gasteiger charge is -2.37. The number of ketones is 1. The summed E-state index contributed by atoms with van der Waals surface area (Å²) in [6, 6.07) is 13.3. The van der Waals surface area contributed by atoms with Gasteiger partial charge in [0.2, 0.25) is 0 Å². The molecular formula is C29H38O. The predicted octanol–water partition coefficient (Wildman–Crippen LogP) is 7.74. The van der Waals surface area contributed by atoms with Crippen molar-refractivity contribution in [3.63, 3.8) is 0 Å². The van der Waals surface area contributed by atoms with Gasteiger partial charge in [-0.05, 0) is 110 Å². The van der Waals surface area contributed by atoms with Crippen LogP contribution in [-0.4, -0.2) is 5.78 Å². The molecule has 0 radical (unpaired) electrons. The highest BCUT2D eigenvalue weighted by molar-refractivity contribution is 5.80. The molecule has 1 heteroatoms. The summed E-state index contributed by atoms with van der Waals surface area (Å²) in [4.78, 5) is 13.5. The van der Waals surface area contributed by atoms with Gasteiger partial charge >= 0.3 is 0 Å². The second-order valence-electron chi connectivity index (χ2n) is 10.1. The summed E-state index contributed by atoms with van der Waals surface area (Å²) in [6.07, 6.45) is 9.25. The molecule has 0 bridgehead atoms. The third kappa shape index (κ3) is 4.27. The first kappa shape index (κ1) is 21.3. The van der Waals surface area contributed by atoms with Crippen molar-refractivity contribution in [3.8, 4) is 0 Å². The van der Waals surface area contributed by atoms with Crippen LogP contribution in [-0.2, 0) is 4.79 Å². The Hall–Kier alpha value is -1.89. The molecule has 2 aliphatic rings. The van der Waals surface area contributed by atoms with E-state index in [-0.39, 0.29) is 0 Å². The van der Waals surface area contributed by atoms with Gasteiger partial charge in [-0.25, -0.2) is 0 Å². The van der Waals surface area contributed by atoms with Crippen molar-refractivity contribution in [3.05, 3.63) is 69.8 Å². The first-order chi connectivity index (χ1) is 14.5. The van der Waals surface area contributed by atoms with E-state index in [1.165, 1.54) is 71.9 Å².